The van der Waals surface area contributed by atoms with Gasteiger partial charge in [-0.3, -0.25) is 0 Å². The topological polar surface area (TPSA) is 73.9 Å². The molecule has 0 heterocycles. The molecule has 6 heteroatoms. The number of carbonyl (C=O) groups is 2. The van der Waals surface area contributed by atoms with Gasteiger partial charge in [-0.1, -0.05) is 18.2 Å². The summed E-state index contributed by atoms with van der Waals surface area (Å²) >= 11 is 0. The number of para-hydroxylation sites is 1. The molecule has 2 unspecified atom stereocenters. The highest BCUT2D eigenvalue weighted by Gasteiger charge is 2.41. The normalized spacial score (nSPS) is 19.7. The van der Waals surface area contributed by atoms with Crippen LogP contribution in [-0.4, -0.2) is 30.5 Å². The van der Waals surface area contributed by atoms with Crippen molar-refractivity contribution in [3.05, 3.63) is 29.8 Å². The lowest BCUT2D eigenvalue weighted by molar-refractivity contribution is 0.0204. The van der Waals surface area contributed by atoms with Crippen molar-refractivity contribution >= 4 is 12.2 Å². The first kappa shape index (κ1) is 17.1. The molecule has 0 aromatic heterocycles. The second kappa shape index (κ2) is 6.89. The minimum Gasteiger partial charge on any atom is -0.450 e. The third-order valence-electron chi connectivity index (χ3n) is 3.27. The van der Waals surface area contributed by atoms with Crippen LogP contribution in [0.25, 0.3) is 0 Å². The van der Waals surface area contributed by atoms with Crippen LogP contribution in [0.4, 0.5) is 9.59 Å². The fourth-order valence-electron chi connectivity index (χ4n) is 2.26. The first-order valence-corrected chi connectivity index (χ1v) is 7.73. The van der Waals surface area contributed by atoms with Gasteiger partial charge in [-0.2, -0.15) is 0 Å². The lowest BCUT2D eigenvalue weighted by Gasteiger charge is -2.19. The number of hydrogen-bond donors (Lipinski definition) is 1. The zero-order valence-corrected chi connectivity index (χ0v) is 13.9. The molecule has 0 spiro atoms. The Kier molecular flexibility index (Phi) is 5.13. The van der Waals surface area contributed by atoms with Crippen LogP contribution in [0, 0.1) is 0 Å². The van der Waals surface area contributed by atoms with E-state index in [4.69, 9.17) is 14.2 Å². The molecular formula is C17H23NO5. The van der Waals surface area contributed by atoms with Gasteiger partial charge in [-0.05, 0) is 40.2 Å². The molecule has 6 nitrogen and oxygen atoms in total. The highest BCUT2D eigenvalue weighted by molar-refractivity contribution is 5.69. The molecule has 126 valence electrons. The summed E-state index contributed by atoms with van der Waals surface area (Å²) in [7, 11) is 0. The van der Waals surface area contributed by atoms with Gasteiger partial charge in [-0.25, -0.2) is 9.59 Å². The van der Waals surface area contributed by atoms with Gasteiger partial charge in [0.15, 0.2) is 0 Å². The molecular weight excluding hydrogens is 298 g/mol. The molecule has 1 aromatic rings. The van der Waals surface area contributed by atoms with Crippen LogP contribution >= 0.6 is 0 Å². The molecule has 0 saturated heterocycles. The predicted molar refractivity (Wildman–Crippen MR) is 84.6 cm³/mol. The molecule has 1 aromatic carbocycles. The first-order valence-electron chi connectivity index (χ1n) is 7.73. The molecule has 1 fully saturated rings. The van der Waals surface area contributed by atoms with E-state index in [1.807, 2.05) is 12.1 Å². The van der Waals surface area contributed by atoms with Crippen molar-refractivity contribution in [1.29, 1.82) is 0 Å². The summed E-state index contributed by atoms with van der Waals surface area (Å²) in [5, 5.41) is 2.79. The second-order valence-electron chi connectivity index (χ2n) is 6.42. The standard InChI is InChI=1S/C17H23NO5/c1-5-21-15(19)18-13-10-12(13)11-8-6-7-9-14(11)22-16(20)23-17(2,3)4/h6-9,12-13H,5,10H2,1-4H3,(H,18,19). The zero-order valence-electron chi connectivity index (χ0n) is 13.9. The van der Waals surface area contributed by atoms with Gasteiger partial charge in [-0.15, -0.1) is 0 Å². The lowest BCUT2D eigenvalue weighted by atomic mass is 10.1. The Hall–Kier alpha value is -2.24. The number of alkyl carbamates (subject to hydrolysis) is 1. The smallest absolute Gasteiger partial charge is 0.450 e. The van der Waals surface area contributed by atoms with E-state index in [-0.39, 0.29) is 12.0 Å². The molecule has 1 saturated carbocycles. The van der Waals surface area contributed by atoms with Crippen molar-refractivity contribution in [2.75, 3.05) is 6.61 Å². The van der Waals surface area contributed by atoms with Gasteiger partial charge >= 0.3 is 12.2 Å². The summed E-state index contributed by atoms with van der Waals surface area (Å²) in [5.41, 5.74) is 0.264. The number of hydrogen-bond acceptors (Lipinski definition) is 5. The third kappa shape index (κ3) is 5.16. The number of benzene rings is 1. The fraction of sp³-hybridized carbons (Fsp3) is 0.529. The van der Waals surface area contributed by atoms with E-state index in [9.17, 15) is 9.59 Å². The van der Waals surface area contributed by atoms with Crippen LogP contribution in [0.15, 0.2) is 24.3 Å². The molecule has 0 bridgehead atoms. The maximum absolute atomic E-state index is 11.8. The van der Waals surface area contributed by atoms with E-state index < -0.39 is 17.8 Å². The summed E-state index contributed by atoms with van der Waals surface area (Å²) in [6, 6.07) is 7.27. The summed E-state index contributed by atoms with van der Waals surface area (Å²) in [6.45, 7) is 7.43. The lowest BCUT2D eigenvalue weighted by Crippen LogP contribution is -2.27. The van der Waals surface area contributed by atoms with Crippen molar-refractivity contribution in [1.82, 2.24) is 5.32 Å². The van der Waals surface area contributed by atoms with Crippen LogP contribution in [0.1, 0.15) is 45.6 Å². The van der Waals surface area contributed by atoms with Gasteiger partial charge in [0.1, 0.15) is 11.4 Å². The maximum atomic E-state index is 11.8. The van der Waals surface area contributed by atoms with Crippen molar-refractivity contribution in [2.24, 2.45) is 0 Å². The summed E-state index contributed by atoms with van der Waals surface area (Å²) in [6.07, 6.45) is -0.376. The highest BCUT2D eigenvalue weighted by atomic mass is 16.7. The molecule has 23 heavy (non-hydrogen) atoms. The van der Waals surface area contributed by atoms with Gasteiger partial charge in [0.05, 0.1) is 6.61 Å². The zero-order chi connectivity index (χ0) is 17.0. The summed E-state index contributed by atoms with van der Waals surface area (Å²) in [4.78, 5) is 23.3. The van der Waals surface area contributed by atoms with Crippen LogP contribution in [0.2, 0.25) is 0 Å². The van der Waals surface area contributed by atoms with Crippen LogP contribution in [0.3, 0.4) is 0 Å². The minimum atomic E-state index is -0.736. The van der Waals surface area contributed by atoms with Crippen LogP contribution in [0.5, 0.6) is 5.75 Å². The Morgan fingerprint density at radius 3 is 2.61 bits per heavy atom. The van der Waals surface area contributed by atoms with Crippen LogP contribution in [-0.2, 0) is 9.47 Å². The van der Waals surface area contributed by atoms with E-state index in [0.717, 1.165) is 12.0 Å². The van der Waals surface area contributed by atoms with Gasteiger partial charge < -0.3 is 19.5 Å². The van der Waals surface area contributed by atoms with Gasteiger partial charge in [0.2, 0.25) is 0 Å². The Morgan fingerprint density at radius 2 is 1.96 bits per heavy atom. The van der Waals surface area contributed by atoms with E-state index in [0.29, 0.717) is 12.4 Å². The largest absolute Gasteiger partial charge is 0.514 e. The van der Waals surface area contributed by atoms with Crippen molar-refractivity contribution in [3.8, 4) is 5.75 Å². The van der Waals surface area contributed by atoms with E-state index in [2.05, 4.69) is 5.32 Å². The van der Waals surface area contributed by atoms with Crippen molar-refractivity contribution in [3.63, 3.8) is 0 Å². The summed E-state index contributed by atoms with van der Waals surface area (Å²) in [5.74, 6) is 0.568. The monoisotopic (exact) mass is 321 g/mol. The van der Waals surface area contributed by atoms with Gasteiger partial charge in [0.25, 0.3) is 0 Å². The molecule has 1 aliphatic rings. The second-order valence-corrected chi connectivity index (χ2v) is 6.42. The van der Waals surface area contributed by atoms with E-state index in [1.165, 1.54) is 0 Å². The van der Waals surface area contributed by atoms with Gasteiger partial charge in [0, 0.05) is 17.5 Å². The van der Waals surface area contributed by atoms with Crippen LogP contribution < -0.4 is 10.1 Å². The Morgan fingerprint density at radius 1 is 1.26 bits per heavy atom. The summed E-state index contributed by atoms with van der Waals surface area (Å²) < 4.78 is 15.4. The molecule has 0 aliphatic heterocycles. The number of nitrogens with one attached hydrogen (secondary N) is 1. The Balaban J connectivity index is 1.99. The quantitative estimate of drug-likeness (QED) is 0.677. The molecule has 2 atom stereocenters. The minimum absolute atomic E-state index is 0.00237. The highest BCUT2D eigenvalue weighted by Crippen LogP contribution is 2.44. The van der Waals surface area contributed by atoms with Crippen molar-refractivity contribution < 1.29 is 23.8 Å². The molecule has 1 aliphatic carbocycles. The maximum Gasteiger partial charge on any atom is 0.514 e. The Bertz CT molecular complexity index is 579. The molecule has 1 N–H and O–H groups in total. The average Bonchev–Trinajstić information content (AvgIpc) is 3.16. The fourth-order valence-corrected chi connectivity index (χ4v) is 2.26. The predicted octanol–water partition coefficient (Wildman–Crippen LogP) is 3.60. The number of ether oxygens (including phenoxy) is 3. The Labute approximate surface area is 136 Å². The van der Waals surface area contributed by atoms with E-state index >= 15 is 0 Å². The average molecular weight is 321 g/mol. The molecule has 2 rings (SSSR count). The molecule has 1 amide bonds. The van der Waals surface area contributed by atoms with Crippen molar-refractivity contribution in [2.45, 2.75) is 51.7 Å². The van der Waals surface area contributed by atoms with E-state index in [1.54, 1.807) is 39.8 Å². The molecule has 0 radical (unpaired) electrons. The SMILES string of the molecule is CCOC(=O)NC1CC1c1ccccc1OC(=O)OC(C)(C)C. The first-order chi connectivity index (χ1) is 10.8. The third-order valence-corrected chi connectivity index (χ3v) is 3.27. The number of amides is 1. The number of rotatable bonds is 4. The number of carbonyl (C=O) groups excluding carboxylic acids is 2.